The number of aliphatic hydroxyl groups is 2. The van der Waals surface area contributed by atoms with Crippen LogP contribution < -0.4 is 5.32 Å². The summed E-state index contributed by atoms with van der Waals surface area (Å²) in [6, 6.07) is -1.05. The molecule has 0 aliphatic carbocycles. The first-order valence-electron chi connectivity index (χ1n) is 5.90. The summed E-state index contributed by atoms with van der Waals surface area (Å²) < 4.78 is 20.2. The summed E-state index contributed by atoms with van der Waals surface area (Å²) in [4.78, 5) is 11.5. The summed E-state index contributed by atoms with van der Waals surface area (Å²) >= 11 is 3.30. The van der Waals surface area contributed by atoms with E-state index in [1.165, 1.54) is 0 Å². The Hall–Kier alpha value is 0.530. The summed E-state index contributed by atoms with van der Waals surface area (Å²) in [5.74, 6) is 0. The fourth-order valence-corrected chi connectivity index (χ4v) is 2.76. The van der Waals surface area contributed by atoms with Gasteiger partial charge in [-0.3, -0.25) is 0 Å². The van der Waals surface area contributed by atoms with Gasteiger partial charge in [-0.05, 0) is 13.8 Å². The molecule has 0 aromatic heterocycles. The molecule has 3 N–H and O–H groups in total. The summed E-state index contributed by atoms with van der Waals surface area (Å²) in [6.45, 7) is 3.51. The molecule has 5 atom stereocenters. The van der Waals surface area contributed by atoms with E-state index in [1.807, 2.05) is 0 Å². The number of rotatable bonds is 5. The molecule has 0 bridgehead atoms. The van der Waals surface area contributed by atoms with Crippen molar-refractivity contribution in [1.82, 2.24) is 5.32 Å². The maximum Gasteiger partial charge on any atom is 0.407 e. The predicted molar refractivity (Wildman–Crippen MR) is 84.3 cm³/mol. The van der Waals surface area contributed by atoms with Crippen molar-refractivity contribution in [2.24, 2.45) is 0 Å². The van der Waals surface area contributed by atoms with Gasteiger partial charge in [-0.15, -0.1) is 0 Å². The zero-order chi connectivity index (χ0) is 15.3. The van der Waals surface area contributed by atoms with Crippen LogP contribution in [0.3, 0.4) is 0 Å². The molecule has 20 heavy (non-hydrogen) atoms. The second-order valence-electron chi connectivity index (χ2n) is 4.51. The third-order valence-corrected chi connectivity index (χ3v) is 3.60. The third-order valence-electron chi connectivity index (χ3n) is 2.65. The van der Waals surface area contributed by atoms with Gasteiger partial charge in [-0.25, -0.2) is 4.79 Å². The maximum atomic E-state index is 11.5. The van der Waals surface area contributed by atoms with E-state index in [1.54, 1.807) is 59.9 Å². The summed E-state index contributed by atoms with van der Waals surface area (Å²) in [5, 5.41) is 22.4. The lowest BCUT2D eigenvalue weighted by Gasteiger charge is -2.41. The Morgan fingerprint density at radius 3 is 2.55 bits per heavy atom. The van der Waals surface area contributed by atoms with E-state index in [4.69, 9.17) is 15.6 Å². The van der Waals surface area contributed by atoms with E-state index >= 15 is 0 Å². The van der Waals surface area contributed by atoms with Gasteiger partial charge in [0.15, 0.2) is 6.29 Å². The molecule has 0 radical (unpaired) electrons. The molecule has 1 aliphatic rings. The standard InChI is InChI=1S/C10H17I2NO7/c1-4(2)18-10(16)13-6-7(14)8(20-12)5(3-17-11)19-9(6)15/h4-9,14-15H,3H2,1-2H3,(H,13,16)/t5?,6-,7?,8-,9?/m1/s1. The topological polar surface area (TPSA) is 106 Å². The van der Waals surface area contributed by atoms with Crippen LogP contribution in [0.15, 0.2) is 0 Å². The molecule has 8 nitrogen and oxygen atoms in total. The number of hydrogen-bond acceptors (Lipinski definition) is 7. The molecule has 1 rings (SSSR count). The number of nitrogens with one attached hydrogen (secondary N) is 1. The van der Waals surface area contributed by atoms with Crippen molar-refractivity contribution in [2.45, 2.75) is 50.6 Å². The van der Waals surface area contributed by atoms with Crippen LogP contribution in [0.2, 0.25) is 0 Å². The van der Waals surface area contributed by atoms with Crippen LogP contribution in [-0.4, -0.2) is 59.7 Å². The van der Waals surface area contributed by atoms with Crippen LogP contribution in [0, 0.1) is 0 Å². The molecule has 0 saturated carbocycles. The second-order valence-corrected chi connectivity index (χ2v) is 5.64. The van der Waals surface area contributed by atoms with Crippen LogP contribution in [0.25, 0.3) is 0 Å². The fourth-order valence-electron chi connectivity index (χ4n) is 1.78. The Bertz CT molecular complexity index is 320. The molecule has 1 heterocycles. The van der Waals surface area contributed by atoms with E-state index in [2.05, 4.69) is 5.32 Å². The Labute approximate surface area is 144 Å². The van der Waals surface area contributed by atoms with E-state index < -0.39 is 36.7 Å². The molecular formula is C10H17I2NO7. The van der Waals surface area contributed by atoms with Crippen molar-refractivity contribution in [3.8, 4) is 0 Å². The SMILES string of the molecule is CC(C)OC(=O)N[C@H]1C(O)OC(COI)[C@@H](OI)C1O. The third kappa shape index (κ3) is 5.06. The Morgan fingerprint density at radius 2 is 2.05 bits per heavy atom. The van der Waals surface area contributed by atoms with Crippen molar-refractivity contribution in [2.75, 3.05) is 6.61 Å². The van der Waals surface area contributed by atoms with Gasteiger partial charge in [-0.1, -0.05) is 0 Å². The van der Waals surface area contributed by atoms with Crippen molar-refractivity contribution in [3.63, 3.8) is 0 Å². The molecule has 1 fully saturated rings. The highest BCUT2D eigenvalue weighted by Crippen LogP contribution is 2.25. The Balaban J connectivity index is 2.70. The first-order valence-corrected chi connectivity index (χ1v) is 7.66. The van der Waals surface area contributed by atoms with Crippen molar-refractivity contribution in [1.29, 1.82) is 0 Å². The van der Waals surface area contributed by atoms with Crippen LogP contribution in [-0.2, 0) is 15.6 Å². The normalized spacial score (nSPS) is 34.0. The minimum atomic E-state index is -1.39. The van der Waals surface area contributed by atoms with Gasteiger partial charge in [0.2, 0.25) is 0 Å². The van der Waals surface area contributed by atoms with Crippen molar-refractivity contribution < 1.29 is 30.6 Å². The smallest absolute Gasteiger partial charge is 0.407 e. The van der Waals surface area contributed by atoms with Crippen molar-refractivity contribution >= 4 is 52.1 Å². The molecule has 0 aromatic carbocycles. The van der Waals surface area contributed by atoms with Gasteiger partial charge >= 0.3 is 6.09 Å². The molecule has 3 unspecified atom stereocenters. The quantitative estimate of drug-likeness (QED) is 0.461. The van der Waals surface area contributed by atoms with Crippen LogP contribution in [0.5, 0.6) is 0 Å². The van der Waals surface area contributed by atoms with E-state index in [9.17, 15) is 15.0 Å². The molecule has 118 valence electrons. The molecule has 10 heteroatoms. The van der Waals surface area contributed by atoms with Gasteiger partial charge in [0.25, 0.3) is 0 Å². The Morgan fingerprint density at radius 1 is 1.40 bits per heavy atom. The second kappa shape index (κ2) is 8.85. The van der Waals surface area contributed by atoms with Gasteiger partial charge in [0, 0.05) is 0 Å². The average molecular weight is 517 g/mol. The van der Waals surface area contributed by atoms with Gasteiger partial charge in [0.05, 0.1) is 12.7 Å². The maximum absolute atomic E-state index is 11.5. The molecular weight excluding hydrogens is 500 g/mol. The number of halogens is 2. The highest BCUT2D eigenvalue weighted by Gasteiger charge is 2.46. The average Bonchev–Trinajstić information content (AvgIpc) is 2.34. The highest BCUT2D eigenvalue weighted by molar-refractivity contribution is 14.1. The summed E-state index contributed by atoms with van der Waals surface area (Å²) in [7, 11) is 0. The number of alkyl carbamates (subject to hydrolysis) is 1. The first-order chi connectivity index (χ1) is 9.40. The van der Waals surface area contributed by atoms with E-state index in [0.717, 1.165) is 0 Å². The van der Waals surface area contributed by atoms with E-state index in [0.29, 0.717) is 0 Å². The predicted octanol–water partition coefficient (Wildman–Crippen LogP) is 0.669. The van der Waals surface area contributed by atoms with Crippen LogP contribution >= 0.6 is 46.0 Å². The fraction of sp³-hybridized carbons (Fsp3) is 0.900. The lowest BCUT2D eigenvalue weighted by Crippen LogP contribution is -2.64. The largest absolute Gasteiger partial charge is 0.447 e. The first kappa shape index (κ1) is 18.6. The van der Waals surface area contributed by atoms with Crippen molar-refractivity contribution in [3.05, 3.63) is 0 Å². The summed E-state index contributed by atoms with van der Waals surface area (Å²) in [5.41, 5.74) is 0. The molecule has 1 amide bonds. The molecule has 0 aromatic rings. The molecule has 1 saturated heterocycles. The van der Waals surface area contributed by atoms with Gasteiger partial charge < -0.3 is 31.1 Å². The number of carbonyl (C=O) groups excluding carboxylic acids is 1. The zero-order valence-electron chi connectivity index (χ0n) is 10.9. The van der Waals surface area contributed by atoms with E-state index in [-0.39, 0.29) is 12.7 Å². The minimum Gasteiger partial charge on any atom is -0.447 e. The minimum absolute atomic E-state index is 0.130. The zero-order valence-corrected chi connectivity index (χ0v) is 15.2. The Kier molecular flexibility index (Phi) is 8.22. The number of hydrogen-bond donors (Lipinski definition) is 3. The number of ether oxygens (including phenoxy) is 2. The van der Waals surface area contributed by atoms with Crippen LogP contribution in [0.1, 0.15) is 13.8 Å². The molecule has 0 spiro atoms. The van der Waals surface area contributed by atoms with Crippen LogP contribution in [0.4, 0.5) is 4.79 Å². The number of amides is 1. The lowest BCUT2D eigenvalue weighted by atomic mass is 9.97. The highest BCUT2D eigenvalue weighted by atomic mass is 127. The number of carbonyl (C=O) groups is 1. The number of aliphatic hydroxyl groups excluding tert-OH is 2. The monoisotopic (exact) mass is 517 g/mol. The van der Waals surface area contributed by atoms with Gasteiger partial charge in [-0.2, -0.15) is 0 Å². The lowest BCUT2D eigenvalue weighted by molar-refractivity contribution is -0.239. The molecule has 1 aliphatic heterocycles. The van der Waals surface area contributed by atoms with Gasteiger partial charge in [0.1, 0.15) is 70.4 Å². The summed E-state index contributed by atoms with van der Waals surface area (Å²) in [6.07, 6.45) is -5.00.